The Labute approximate surface area is 176 Å². The van der Waals surface area contributed by atoms with E-state index < -0.39 is 17.5 Å². The van der Waals surface area contributed by atoms with Crippen molar-refractivity contribution in [1.82, 2.24) is 0 Å². The number of nitrogens with two attached hydrogens (primary N) is 1. The zero-order valence-electron chi connectivity index (χ0n) is 15.6. The van der Waals surface area contributed by atoms with E-state index in [2.05, 4.69) is 27.9 Å². The largest absolute Gasteiger partial charge is 0.492 e. The second-order valence-electron chi connectivity index (χ2n) is 6.91. The molecule has 0 saturated carbocycles. The van der Waals surface area contributed by atoms with Gasteiger partial charge in [0.1, 0.15) is 17.1 Å². The maximum absolute atomic E-state index is 14.1. The van der Waals surface area contributed by atoms with Crippen LogP contribution in [0.15, 0.2) is 36.4 Å². The van der Waals surface area contributed by atoms with E-state index in [9.17, 15) is 9.18 Å². The first-order chi connectivity index (χ1) is 13.2. The summed E-state index contributed by atoms with van der Waals surface area (Å²) in [6, 6.07) is 9.84. The lowest BCUT2D eigenvalue weighted by atomic mass is 10.1. The highest BCUT2D eigenvalue weighted by molar-refractivity contribution is 14.1. The zero-order chi connectivity index (χ0) is 20.3. The van der Waals surface area contributed by atoms with Gasteiger partial charge in [-0.05, 0) is 66.8 Å². The fourth-order valence-corrected chi connectivity index (χ4v) is 3.30. The van der Waals surface area contributed by atoms with Crippen LogP contribution in [-0.2, 0) is 9.47 Å². The Kier molecular flexibility index (Phi) is 6.41. The Bertz CT molecular complexity index is 858. The number of rotatable bonds is 7. The Morgan fingerprint density at radius 1 is 1.36 bits per heavy atom. The number of primary amides is 1. The van der Waals surface area contributed by atoms with Crippen molar-refractivity contribution < 1.29 is 23.4 Å². The molecule has 0 spiro atoms. The molecule has 1 aliphatic rings. The third-order valence-electron chi connectivity index (χ3n) is 4.20. The SMILES string of the molecule is CC1(C)OC[C@@H](CCOc2cc(F)cc(Nc3ccc(I)cc3)c2C(N)=O)O1. The highest BCUT2D eigenvalue weighted by Gasteiger charge is 2.32. The van der Waals surface area contributed by atoms with Crippen LogP contribution < -0.4 is 15.8 Å². The van der Waals surface area contributed by atoms with Crippen molar-refractivity contribution in [1.29, 1.82) is 0 Å². The van der Waals surface area contributed by atoms with E-state index in [1.165, 1.54) is 6.07 Å². The minimum atomic E-state index is -0.704. The highest BCUT2D eigenvalue weighted by Crippen LogP contribution is 2.31. The number of halogens is 2. The van der Waals surface area contributed by atoms with Gasteiger partial charge in [-0.1, -0.05) is 0 Å². The summed E-state index contributed by atoms with van der Waals surface area (Å²) >= 11 is 2.19. The normalized spacial score (nSPS) is 18.1. The molecule has 3 N–H and O–H groups in total. The fraction of sp³-hybridized carbons (Fsp3) is 0.350. The number of anilines is 2. The lowest BCUT2D eigenvalue weighted by Crippen LogP contribution is -2.22. The van der Waals surface area contributed by atoms with Gasteiger partial charge in [-0.25, -0.2) is 4.39 Å². The maximum atomic E-state index is 14.1. The van der Waals surface area contributed by atoms with Crippen LogP contribution in [0.5, 0.6) is 5.75 Å². The van der Waals surface area contributed by atoms with E-state index in [1.54, 1.807) is 0 Å². The summed E-state index contributed by atoms with van der Waals surface area (Å²) in [5.41, 5.74) is 6.61. The van der Waals surface area contributed by atoms with E-state index in [4.69, 9.17) is 19.9 Å². The molecule has 2 aromatic rings. The van der Waals surface area contributed by atoms with Crippen molar-refractivity contribution in [2.24, 2.45) is 5.73 Å². The standard InChI is InChI=1S/C20H22FIN2O4/c1-20(2)27-11-15(28-20)7-8-26-17-10-12(21)9-16(18(17)19(23)25)24-14-5-3-13(22)4-6-14/h3-6,9-10,15,24H,7-8,11H2,1-2H3,(H2,23,25)/t15-/m1/s1. The van der Waals surface area contributed by atoms with Crippen molar-refractivity contribution in [2.45, 2.75) is 32.2 Å². The molecule has 3 rings (SSSR count). The molecule has 28 heavy (non-hydrogen) atoms. The molecule has 1 atom stereocenters. The zero-order valence-corrected chi connectivity index (χ0v) is 17.8. The lowest BCUT2D eigenvalue weighted by Gasteiger charge is -2.18. The monoisotopic (exact) mass is 500 g/mol. The Hall–Kier alpha value is -1.91. The number of amides is 1. The summed E-state index contributed by atoms with van der Waals surface area (Å²) in [5.74, 6) is -1.76. The number of hydrogen-bond acceptors (Lipinski definition) is 5. The Morgan fingerprint density at radius 3 is 2.68 bits per heavy atom. The van der Waals surface area contributed by atoms with E-state index in [-0.39, 0.29) is 29.7 Å². The van der Waals surface area contributed by atoms with Gasteiger partial charge >= 0.3 is 0 Å². The Balaban J connectivity index is 1.75. The van der Waals surface area contributed by atoms with Gasteiger partial charge in [0.05, 0.1) is 25.0 Å². The van der Waals surface area contributed by atoms with Crippen LogP contribution in [-0.4, -0.2) is 31.0 Å². The molecule has 1 heterocycles. The lowest BCUT2D eigenvalue weighted by molar-refractivity contribution is -0.139. The molecular formula is C20H22FIN2O4. The first-order valence-electron chi connectivity index (χ1n) is 8.84. The van der Waals surface area contributed by atoms with Crippen LogP contribution in [0.3, 0.4) is 0 Å². The van der Waals surface area contributed by atoms with Gasteiger partial charge in [0, 0.05) is 21.7 Å². The molecule has 8 heteroatoms. The van der Waals surface area contributed by atoms with Gasteiger partial charge in [0.25, 0.3) is 5.91 Å². The first kappa shape index (κ1) is 20.8. The van der Waals surface area contributed by atoms with Gasteiger partial charge in [-0.3, -0.25) is 4.79 Å². The molecule has 1 amide bonds. The van der Waals surface area contributed by atoms with Crippen molar-refractivity contribution in [3.63, 3.8) is 0 Å². The topological polar surface area (TPSA) is 82.8 Å². The predicted octanol–water partition coefficient (Wildman–Crippen LogP) is 4.19. The summed E-state index contributed by atoms with van der Waals surface area (Å²) in [6.07, 6.45) is 0.419. The fourth-order valence-electron chi connectivity index (χ4n) is 2.94. The van der Waals surface area contributed by atoms with E-state index >= 15 is 0 Å². The number of nitrogens with one attached hydrogen (secondary N) is 1. The number of benzene rings is 2. The van der Waals surface area contributed by atoms with Gasteiger partial charge < -0.3 is 25.3 Å². The van der Waals surface area contributed by atoms with Crippen LogP contribution in [0.2, 0.25) is 0 Å². The van der Waals surface area contributed by atoms with Crippen LogP contribution in [0.25, 0.3) is 0 Å². The maximum Gasteiger partial charge on any atom is 0.254 e. The van der Waals surface area contributed by atoms with E-state index in [1.807, 2.05) is 38.1 Å². The molecule has 0 unspecified atom stereocenters. The van der Waals surface area contributed by atoms with Crippen molar-refractivity contribution in [2.75, 3.05) is 18.5 Å². The Morgan fingerprint density at radius 2 is 2.07 bits per heavy atom. The molecule has 1 saturated heterocycles. The molecule has 150 valence electrons. The van der Waals surface area contributed by atoms with E-state index in [0.29, 0.717) is 18.7 Å². The van der Waals surface area contributed by atoms with Crippen molar-refractivity contribution in [3.05, 3.63) is 51.3 Å². The molecule has 0 aromatic heterocycles. The van der Waals surface area contributed by atoms with Crippen molar-refractivity contribution >= 4 is 39.9 Å². The molecule has 0 bridgehead atoms. The summed E-state index contributed by atoms with van der Waals surface area (Å²) < 4.78 is 32.1. The van der Waals surface area contributed by atoms with Crippen LogP contribution in [0.1, 0.15) is 30.6 Å². The minimum Gasteiger partial charge on any atom is -0.492 e. The van der Waals surface area contributed by atoms with Gasteiger partial charge in [0.2, 0.25) is 0 Å². The van der Waals surface area contributed by atoms with Gasteiger partial charge in [-0.15, -0.1) is 0 Å². The molecule has 1 fully saturated rings. The molecule has 0 radical (unpaired) electrons. The molecule has 0 aliphatic carbocycles. The number of ether oxygens (including phenoxy) is 3. The molecular weight excluding hydrogens is 478 g/mol. The van der Waals surface area contributed by atoms with E-state index in [0.717, 1.165) is 9.64 Å². The summed E-state index contributed by atoms with van der Waals surface area (Å²) in [4.78, 5) is 12.0. The van der Waals surface area contributed by atoms with Crippen LogP contribution >= 0.6 is 22.6 Å². The highest BCUT2D eigenvalue weighted by atomic mass is 127. The smallest absolute Gasteiger partial charge is 0.254 e. The third kappa shape index (κ3) is 5.33. The van der Waals surface area contributed by atoms with Crippen molar-refractivity contribution in [3.8, 4) is 5.75 Å². The average molecular weight is 500 g/mol. The average Bonchev–Trinajstić information content (AvgIpc) is 2.95. The van der Waals surface area contributed by atoms with Crippen LogP contribution in [0.4, 0.5) is 15.8 Å². The summed E-state index contributed by atoms with van der Waals surface area (Å²) in [6.45, 7) is 4.38. The number of carbonyl (C=O) groups excluding carboxylic acids is 1. The first-order valence-corrected chi connectivity index (χ1v) is 9.92. The predicted molar refractivity (Wildman–Crippen MR) is 112 cm³/mol. The minimum absolute atomic E-state index is 0.0960. The molecule has 1 aliphatic heterocycles. The van der Waals surface area contributed by atoms with Crippen LogP contribution in [0, 0.1) is 9.39 Å². The second kappa shape index (κ2) is 8.62. The number of hydrogen-bond donors (Lipinski definition) is 2. The quantitative estimate of drug-likeness (QED) is 0.558. The molecule has 2 aromatic carbocycles. The van der Waals surface area contributed by atoms with Gasteiger partial charge in [-0.2, -0.15) is 0 Å². The third-order valence-corrected chi connectivity index (χ3v) is 4.92. The summed E-state index contributed by atoms with van der Waals surface area (Å²) in [5, 5.41) is 3.04. The number of carbonyl (C=O) groups is 1. The second-order valence-corrected chi connectivity index (χ2v) is 8.16. The summed E-state index contributed by atoms with van der Waals surface area (Å²) in [7, 11) is 0. The van der Waals surface area contributed by atoms with Gasteiger partial charge in [0.15, 0.2) is 5.79 Å². The molecule has 6 nitrogen and oxygen atoms in total.